The third-order valence-corrected chi connectivity index (χ3v) is 2.18. The number of hydrogen-bond acceptors (Lipinski definition) is 5. The molecule has 0 radical (unpaired) electrons. The summed E-state index contributed by atoms with van der Waals surface area (Å²) in [6.07, 6.45) is 5.38. The number of nitrogens with zero attached hydrogens (tertiary/aromatic N) is 4. The fraction of sp³-hybridized carbons (Fsp3) is 0.273. The summed E-state index contributed by atoms with van der Waals surface area (Å²) in [7, 11) is 1.80. The summed E-state index contributed by atoms with van der Waals surface area (Å²) >= 11 is 0. The second kappa shape index (κ2) is 5.76. The van der Waals surface area contributed by atoms with E-state index in [1.807, 2.05) is 0 Å². The van der Waals surface area contributed by atoms with Crippen LogP contribution in [-0.4, -0.2) is 32.2 Å². The highest BCUT2D eigenvalue weighted by Gasteiger charge is 2.04. The second-order valence-corrected chi connectivity index (χ2v) is 3.67. The van der Waals surface area contributed by atoms with Gasteiger partial charge in [-0.05, 0) is 6.07 Å². The number of hydrogen-bond donors (Lipinski definition) is 2. The van der Waals surface area contributed by atoms with Crippen molar-refractivity contribution in [3.05, 3.63) is 30.7 Å². The second-order valence-electron chi connectivity index (χ2n) is 3.67. The molecule has 2 rings (SSSR count). The van der Waals surface area contributed by atoms with E-state index in [-0.39, 0.29) is 5.91 Å². The summed E-state index contributed by atoms with van der Waals surface area (Å²) in [5, 5.41) is 9.71. The highest BCUT2D eigenvalue weighted by atomic mass is 16.1. The van der Waals surface area contributed by atoms with Crippen molar-refractivity contribution in [3.8, 4) is 0 Å². The third-order valence-electron chi connectivity index (χ3n) is 2.18. The standard InChI is InChI=1S/C11H14N6O/c1-17-8-4-9(16-17)15-10(18)3-7-14-11-12-5-2-6-13-11/h2,4-6,8H,3,7H2,1H3,(H,12,13,14)(H,15,16,18). The van der Waals surface area contributed by atoms with Gasteiger partial charge in [0.05, 0.1) is 0 Å². The Morgan fingerprint density at radius 2 is 2.17 bits per heavy atom. The minimum Gasteiger partial charge on any atom is -0.354 e. The summed E-state index contributed by atoms with van der Waals surface area (Å²) in [6.45, 7) is 0.475. The molecule has 7 heteroatoms. The van der Waals surface area contributed by atoms with Crippen LogP contribution < -0.4 is 10.6 Å². The Bertz CT molecular complexity index is 509. The first-order chi connectivity index (χ1) is 8.74. The summed E-state index contributed by atoms with van der Waals surface area (Å²) < 4.78 is 1.63. The van der Waals surface area contributed by atoms with Gasteiger partial charge in [-0.15, -0.1) is 0 Å². The SMILES string of the molecule is Cn1ccc(NC(=O)CCNc2ncccn2)n1. The molecule has 0 atom stereocenters. The summed E-state index contributed by atoms with van der Waals surface area (Å²) in [5.74, 6) is 0.971. The summed E-state index contributed by atoms with van der Waals surface area (Å²) in [4.78, 5) is 19.6. The predicted molar refractivity (Wildman–Crippen MR) is 67.0 cm³/mol. The lowest BCUT2D eigenvalue weighted by molar-refractivity contribution is -0.116. The zero-order valence-electron chi connectivity index (χ0n) is 10.00. The molecule has 2 N–H and O–H groups in total. The van der Waals surface area contributed by atoms with E-state index in [0.717, 1.165) is 0 Å². The molecule has 2 aromatic heterocycles. The van der Waals surface area contributed by atoms with Gasteiger partial charge in [0, 0.05) is 44.7 Å². The normalized spacial score (nSPS) is 10.1. The van der Waals surface area contributed by atoms with Crippen LogP contribution in [0.1, 0.15) is 6.42 Å². The Hall–Kier alpha value is -2.44. The van der Waals surface area contributed by atoms with Gasteiger partial charge in [-0.25, -0.2) is 9.97 Å². The molecule has 1 amide bonds. The van der Waals surface area contributed by atoms with E-state index >= 15 is 0 Å². The number of aryl methyl sites for hydroxylation is 1. The molecule has 0 spiro atoms. The number of amides is 1. The van der Waals surface area contributed by atoms with Gasteiger partial charge in [0.1, 0.15) is 0 Å². The lowest BCUT2D eigenvalue weighted by Gasteiger charge is -2.04. The lowest BCUT2D eigenvalue weighted by Crippen LogP contribution is -2.17. The minimum absolute atomic E-state index is 0.0999. The molecule has 2 heterocycles. The highest BCUT2D eigenvalue weighted by molar-refractivity contribution is 5.89. The van der Waals surface area contributed by atoms with Gasteiger partial charge in [0.15, 0.2) is 5.82 Å². The first-order valence-electron chi connectivity index (χ1n) is 5.54. The van der Waals surface area contributed by atoms with E-state index in [1.165, 1.54) is 0 Å². The first-order valence-corrected chi connectivity index (χ1v) is 5.54. The highest BCUT2D eigenvalue weighted by Crippen LogP contribution is 2.01. The smallest absolute Gasteiger partial charge is 0.227 e. The predicted octanol–water partition coefficient (Wildman–Crippen LogP) is 0.651. The van der Waals surface area contributed by atoms with Crippen LogP contribution in [0, 0.1) is 0 Å². The van der Waals surface area contributed by atoms with Crippen molar-refractivity contribution in [2.75, 3.05) is 17.2 Å². The van der Waals surface area contributed by atoms with Crippen LogP contribution in [0.2, 0.25) is 0 Å². The van der Waals surface area contributed by atoms with Crippen molar-refractivity contribution in [3.63, 3.8) is 0 Å². The van der Waals surface area contributed by atoms with Crippen LogP contribution in [0.25, 0.3) is 0 Å². The average Bonchev–Trinajstić information content (AvgIpc) is 2.76. The molecule has 0 aliphatic heterocycles. The van der Waals surface area contributed by atoms with E-state index in [4.69, 9.17) is 0 Å². The maximum atomic E-state index is 11.6. The Kier molecular flexibility index (Phi) is 3.85. The van der Waals surface area contributed by atoms with Crippen molar-refractivity contribution in [2.45, 2.75) is 6.42 Å². The zero-order valence-corrected chi connectivity index (χ0v) is 10.00. The van der Waals surface area contributed by atoms with Gasteiger partial charge in [-0.3, -0.25) is 9.48 Å². The van der Waals surface area contributed by atoms with Crippen LogP contribution in [0.4, 0.5) is 11.8 Å². The number of rotatable bonds is 5. The largest absolute Gasteiger partial charge is 0.354 e. The number of carbonyl (C=O) groups excluding carboxylic acids is 1. The molecule has 2 aromatic rings. The Labute approximate surface area is 104 Å². The van der Waals surface area contributed by atoms with E-state index in [0.29, 0.717) is 24.7 Å². The molecule has 0 aliphatic rings. The van der Waals surface area contributed by atoms with E-state index in [1.54, 1.807) is 42.5 Å². The Balaban J connectivity index is 1.72. The molecule has 7 nitrogen and oxygen atoms in total. The summed E-state index contributed by atoms with van der Waals surface area (Å²) in [6, 6.07) is 3.48. The van der Waals surface area contributed by atoms with Gasteiger partial charge < -0.3 is 10.6 Å². The molecule has 0 unspecified atom stereocenters. The van der Waals surface area contributed by atoms with Gasteiger partial charge >= 0.3 is 0 Å². The van der Waals surface area contributed by atoms with E-state index in [2.05, 4.69) is 25.7 Å². The van der Waals surface area contributed by atoms with Crippen LogP contribution in [0.15, 0.2) is 30.7 Å². The van der Waals surface area contributed by atoms with Crippen LogP contribution >= 0.6 is 0 Å². The lowest BCUT2D eigenvalue weighted by atomic mass is 10.4. The van der Waals surface area contributed by atoms with Gasteiger partial charge in [0.2, 0.25) is 11.9 Å². The number of carbonyl (C=O) groups is 1. The van der Waals surface area contributed by atoms with Crippen molar-refractivity contribution >= 4 is 17.7 Å². The van der Waals surface area contributed by atoms with Gasteiger partial charge in [0.25, 0.3) is 0 Å². The topological polar surface area (TPSA) is 84.7 Å². The molecule has 94 valence electrons. The van der Waals surface area contributed by atoms with Crippen LogP contribution in [-0.2, 0) is 11.8 Å². The van der Waals surface area contributed by atoms with E-state index < -0.39 is 0 Å². The Morgan fingerprint density at radius 3 is 2.83 bits per heavy atom. The van der Waals surface area contributed by atoms with Crippen LogP contribution in [0.3, 0.4) is 0 Å². The van der Waals surface area contributed by atoms with Gasteiger partial charge in [-0.2, -0.15) is 5.10 Å². The van der Waals surface area contributed by atoms with E-state index in [9.17, 15) is 4.79 Å². The first kappa shape index (κ1) is 12.0. The van der Waals surface area contributed by atoms with Crippen molar-refractivity contribution in [1.29, 1.82) is 0 Å². The average molecular weight is 246 g/mol. The monoisotopic (exact) mass is 246 g/mol. The number of aromatic nitrogens is 4. The summed E-state index contributed by atoms with van der Waals surface area (Å²) in [5.41, 5.74) is 0. The molecular formula is C11H14N6O. The fourth-order valence-corrected chi connectivity index (χ4v) is 1.37. The molecule has 0 saturated carbocycles. The molecule has 0 aliphatic carbocycles. The van der Waals surface area contributed by atoms with Crippen molar-refractivity contribution < 1.29 is 4.79 Å². The quantitative estimate of drug-likeness (QED) is 0.809. The number of anilines is 2. The van der Waals surface area contributed by atoms with Crippen molar-refractivity contribution in [2.24, 2.45) is 7.05 Å². The number of nitrogens with one attached hydrogen (secondary N) is 2. The minimum atomic E-state index is -0.0999. The third kappa shape index (κ3) is 3.55. The molecule has 0 bridgehead atoms. The fourth-order valence-electron chi connectivity index (χ4n) is 1.37. The molecule has 0 saturated heterocycles. The van der Waals surface area contributed by atoms with Gasteiger partial charge in [-0.1, -0.05) is 0 Å². The zero-order chi connectivity index (χ0) is 12.8. The Morgan fingerprint density at radius 1 is 1.39 bits per heavy atom. The van der Waals surface area contributed by atoms with Crippen molar-refractivity contribution in [1.82, 2.24) is 19.7 Å². The molecule has 18 heavy (non-hydrogen) atoms. The molecule has 0 aromatic carbocycles. The molecule has 0 fully saturated rings. The molecular weight excluding hydrogens is 232 g/mol. The van der Waals surface area contributed by atoms with Crippen LogP contribution in [0.5, 0.6) is 0 Å². The maximum Gasteiger partial charge on any atom is 0.227 e. The maximum absolute atomic E-state index is 11.6.